The molecule has 2 aromatic rings. The maximum Gasteiger partial charge on any atom is 0.296 e. The molecule has 1 N–H and O–H groups in total. The number of fused-ring (bicyclic) bond motifs is 2. The van der Waals surface area contributed by atoms with Gasteiger partial charge in [-0.2, -0.15) is 0 Å². The predicted molar refractivity (Wildman–Crippen MR) is 126 cm³/mol. The van der Waals surface area contributed by atoms with Crippen LogP contribution in [0.4, 0.5) is 5.69 Å². The molecular weight excluding hydrogens is 436 g/mol. The monoisotopic (exact) mass is 462 g/mol. The van der Waals surface area contributed by atoms with E-state index < -0.39 is 28.9 Å². The molecule has 8 heteroatoms. The number of methoxy groups -OCH3 is 1. The van der Waals surface area contributed by atoms with Gasteiger partial charge in [-0.25, -0.2) is 0 Å². The van der Waals surface area contributed by atoms with Gasteiger partial charge in [-0.3, -0.25) is 14.4 Å². The van der Waals surface area contributed by atoms with Crippen LogP contribution in [0.3, 0.4) is 0 Å². The fourth-order valence-electron chi connectivity index (χ4n) is 4.65. The number of aliphatic hydroxyl groups excluding tert-OH is 1. The first-order chi connectivity index (χ1) is 16.4. The Kier molecular flexibility index (Phi) is 6.26. The van der Waals surface area contributed by atoms with Crippen LogP contribution in [-0.2, 0) is 24.7 Å². The highest BCUT2D eigenvalue weighted by atomic mass is 16.5. The summed E-state index contributed by atoms with van der Waals surface area (Å²) in [6.45, 7) is 4.37. The number of rotatable bonds is 8. The number of likely N-dealkylation sites (tertiary alicyclic amines) is 1. The number of anilines is 1. The Morgan fingerprint density at radius 1 is 1.12 bits per heavy atom. The number of hydrogen-bond donors (Lipinski definition) is 1. The van der Waals surface area contributed by atoms with Gasteiger partial charge < -0.3 is 24.4 Å². The largest absolute Gasteiger partial charge is 0.507 e. The second-order valence-electron chi connectivity index (χ2n) is 8.07. The Morgan fingerprint density at radius 2 is 1.82 bits per heavy atom. The molecule has 8 nitrogen and oxygen atoms in total. The maximum absolute atomic E-state index is 13.8. The third-order valence-corrected chi connectivity index (χ3v) is 6.17. The Hall–Kier alpha value is -3.91. The average molecular weight is 463 g/mol. The molecule has 1 saturated heterocycles. The minimum Gasteiger partial charge on any atom is -0.507 e. The maximum atomic E-state index is 13.8. The molecule has 2 amide bonds. The van der Waals surface area contributed by atoms with Crippen LogP contribution in [0.2, 0.25) is 0 Å². The van der Waals surface area contributed by atoms with Crippen molar-refractivity contribution < 1.29 is 29.0 Å². The summed E-state index contributed by atoms with van der Waals surface area (Å²) < 4.78 is 10.6. The summed E-state index contributed by atoms with van der Waals surface area (Å²) in [6, 6.07) is 13.4. The van der Waals surface area contributed by atoms with E-state index in [-0.39, 0.29) is 12.1 Å². The van der Waals surface area contributed by atoms with Crippen molar-refractivity contribution in [3.8, 4) is 5.75 Å². The average Bonchev–Trinajstić information content (AvgIpc) is 3.21. The van der Waals surface area contributed by atoms with Crippen LogP contribution < -0.4 is 9.64 Å². The predicted octanol–water partition coefficient (Wildman–Crippen LogP) is 2.84. The van der Waals surface area contributed by atoms with Crippen molar-refractivity contribution >= 4 is 29.0 Å². The number of hydrogen-bond acceptors (Lipinski definition) is 6. The summed E-state index contributed by atoms with van der Waals surface area (Å²) in [4.78, 5) is 43.1. The summed E-state index contributed by atoms with van der Waals surface area (Å²) >= 11 is 0. The first-order valence-electron chi connectivity index (χ1n) is 10.9. The summed E-state index contributed by atoms with van der Waals surface area (Å²) in [5, 5.41) is 11.3. The summed E-state index contributed by atoms with van der Waals surface area (Å²) in [6.07, 6.45) is 2.03. The molecule has 0 unspecified atom stereocenters. The van der Waals surface area contributed by atoms with Crippen LogP contribution in [-0.4, -0.2) is 61.5 Å². The van der Waals surface area contributed by atoms with Gasteiger partial charge in [-0.05, 0) is 36.8 Å². The number of ether oxygens (including phenoxy) is 2. The number of carbonyl (C=O) groups is 3. The molecule has 1 spiro atoms. The molecule has 0 saturated carbocycles. The minimum atomic E-state index is -1.75. The van der Waals surface area contributed by atoms with E-state index in [1.54, 1.807) is 61.7 Å². The molecule has 0 aromatic heterocycles. The zero-order chi connectivity index (χ0) is 24.5. The van der Waals surface area contributed by atoms with Crippen molar-refractivity contribution in [2.75, 3.05) is 38.8 Å². The van der Waals surface area contributed by atoms with Gasteiger partial charge in [0.2, 0.25) is 0 Å². The standard InChI is InChI=1S/C26H26N2O6/c1-4-15-34-18-12-10-17(11-13-18)22(29)21-23(30)24(31)28(14-7-16-33-3)26(21)19-8-5-6-9-20(19)27(2)25(26)32/h4-6,8-13,29H,1,7,14-16H2,2-3H3/t26-/m0/s1. The highest BCUT2D eigenvalue weighted by Gasteiger charge is 2.66. The van der Waals surface area contributed by atoms with Crippen LogP contribution in [0.5, 0.6) is 5.75 Å². The quantitative estimate of drug-likeness (QED) is 0.213. The molecule has 4 rings (SSSR count). The van der Waals surface area contributed by atoms with Crippen LogP contribution in [0.15, 0.2) is 66.8 Å². The van der Waals surface area contributed by atoms with Gasteiger partial charge in [0.05, 0.1) is 5.57 Å². The first-order valence-corrected chi connectivity index (χ1v) is 10.9. The fourth-order valence-corrected chi connectivity index (χ4v) is 4.65. The Morgan fingerprint density at radius 3 is 2.50 bits per heavy atom. The molecule has 2 aromatic carbocycles. The summed E-state index contributed by atoms with van der Waals surface area (Å²) in [5.41, 5.74) is -0.650. The molecule has 2 aliphatic heterocycles. The smallest absolute Gasteiger partial charge is 0.296 e. The van der Waals surface area contributed by atoms with Gasteiger partial charge in [0, 0.05) is 44.1 Å². The van der Waals surface area contributed by atoms with Crippen LogP contribution >= 0.6 is 0 Å². The lowest BCUT2D eigenvalue weighted by Crippen LogP contribution is -2.51. The van der Waals surface area contributed by atoms with Gasteiger partial charge in [0.15, 0.2) is 5.54 Å². The lowest BCUT2D eigenvalue weighted by atomic mass is 9.82. The van der Waals surface area contributed by atoms with E-state index in [0.29, 0.717) is 42.2 Å². The Balaban J connectivity index is 1.92. The van der Waals surface area contributed by atoms with E-state index in [2.05, 4.69) is 6.58 Å². The normalized spacial score (nSPS) is 20.8. The lowest BCUT2D eigenvalue weighted by molar-refractivity contribution is -0.143. The third kappa shape index (κ3) is 3.38. The molecule has 0 aliphatic carbocycles. The van der Waals surface area contributed by atoms with E-state index >= 15 is 0 Å². The molecular formula is C26H26N2O6. The third-order valence-electron chi connectivity index (χ3n) is 6.17. The number of amides is 2. The van der Waals surface area contributed by atoms with E-state index in [9.17, 15) is 19.5 Å². The highest BCUT2D eigenvalue weighted by molar-refractivity contribution is 6.50. The van der Waals surface area contributed by atoms with E-state index in [0.717, 1.165) is 0 Å². The van der Waals surface area contributed by atoms with Crippen molar-refractivity contribution in [1.29, 1.82) is 0 Å². The van der Waals surface area contributed by atoms with E-state index in [4.69, 9.17) is 9.47 Å². The Bertz CT molecular complexity index is 1190. The van der Waals surface area contributed by atoms with E-state index in [1.165, 1.54) is 16.9 Å². The van der Waals surface area contributed by atoms with Crippen LogP contribution in [0.25, 0.3) is 5.76 Å². The van der Waals surface area contributed by atoms with Crippen molar-refractivity contribution in [3.63, 3.8) is 0 Å². The highest BCUT2D eigenvalue weighted by Crippen LogP contribution is 2.53. The van der Waals surface area contributed by atoms with Crippen LogP contribution in [0.1, 0.15) is 17.5 Å². The number of benzene rings is 2. The topological polar surface area (TPSA) is 96.4 Å². The minimum absolute atomic E-state index is 0.109. The van der Waals surface area contributed by atoms with Gasteiger partial charge in [-0.15, -0.1) is 0 Å². The molecule has 1 atom stereocenters. The van der Waals surface area contributed by atoms with Gasteiger partial charge >= 0.3 is 0 Å². The Labute approximate surface area is 197 Å². The zero-order valence-electron chi connectivity index (χ0n) is 19.1. The molecule has 2 aliphatic rings. The van der Waals surface area contributed by atoms with Crippen molar-refractivity contribution in [1.82, 2.24) is 4.90 Å². The van der Waals surface area contributed by atoms with Gasteiger partial charge in [0.1, 0.15) is 18.1 Å². The zero-order valence-corrected chi connectivity index (χ0v) is 19.1. The van der Waals surface area contributed by atoms with Crippen molar-refractivity contribution in [2.24, 2.45) is 0 Å². The number of likely N-dealkylation sites (N-methyl/N-ethyl adjacent to an activating group) is 1. The number of para-hydroxylation sites is 1. The lowest BCUT2D eigenvalue weighted by Gasteiger charge is -2.34. The van der Waals surface area contributed by atoms with Gasteiger partial charge in [0.25, 0.3) is 17.6 Å². The second kappa shape index (κ2) is 9.15. The van der Waals surface area contributed by atoms with Crippen molar-refractivity contribution in [3.05, 3.63) is 77.9 Å². The van der Waals surface area contributed by atoms with E-state index in [1.807, 2.05) is 0 Å². The summed E-state index contributed by atoms with van der Waals surface area (Å²) in [5.74, 6) is -2.07. The number of ketones is 1. The number of aliphatic hydroxyl groups is 1. The number of Topliss-reactive ketones (excluding diaryl/α,β-unsaturated/α-hetero) is 1. The van der Waals surface area contributed by atoms with Crippen molar-refractivity contribution in [2.45, 2.75) is 12.0 Å². The van der Waals surface area contributed by atoms with Crippen LogP contribution in [0, 0.1) is 0 Å². The molecule has 0 radical (unpaired) electrons. The first kappa shape index (κ1) is 23.3. The fraction of sp³-hybridized carbons (Fsp3) is 0.269. The number of nitrogens with zero attached hydrogens (tertiary/aromatic N) is 2. The molecule has 2 heterocycles. The SMILES string of the molecule is C=CCOc1ccc(C(O)=C2C(=O)C(=O)N(CCCOC)[C@]23C(=O)N(C)c2ccccc23)cc1. The molecule has 1 fully saturated rings. The molecule has 176 valence electrons. The second-order valence-corrected chi connectivity index (χ2v) is 8.07. The summed E-state index contributed by atoms with van der Waals surface area (Å²) in [7, 11) is 3.13. The molecule has 0 bridgehead atoms. The number of carbonyl (C=O) groups excluding carboxylic acids is 3. The molecule has 34 heavy (non-hydrogen) atoms. The van der Waals surface area contributed by atoms with Gasteiger partial charge in [-0.1, -0.05) is 30.9 Å².